The summed E-state index contributed by atoms with van der Waals surface area (Å²) < 4.78 is 2.17. The lowest BCUT2D eigenvalue weighted by atomic mass is 9.95. The summed E-state index contributed by atoms with van der Waals surface area (Å²) in [4.78, 5) is 8.81. The van der Waals surface area contributed by atoms with E-state index in [1.54, 1.807) is 16.1 Å². The molecule has 1 fully saturated rings. The first-order chi connectivity index (χ1) is 12.2. The molecular formula is C18H20N6S. The summed E-state index contributed by atoms with van der Waals surface area (Å²) in [7, 11) is 1.86. The molecular weight excluding hydrogens is 332 g/mol. The van der Waals surface area contributed by atoms with E-state index in [0.29, 0.717) is 5.92 Å². The fourth-order valence-corrected chi connectivity index (χ4v) is 4.65. The maximum Gasteiger partial charge on any atom is 0.194 e. The van der Waals surface area contributed by atoms with Gasteiger partial charge >= 0.3 is 0 Å². The van der Waals surface area contributed by atoms with Crippen molar-refractivity contribution in [2.75, 3.05) is 13.1 Å². The Morgan fingerprint density at radius 3 is 2.80 bits per heavy atom. The molecule has 0 atom stereocenters. The van der Waals surface area contributed by atoms with E-state index in [9.17, 15) is 0 Å². The van der Waals surface area contributed by atoms with Crippen molar-refractivity contribution >= 4 is 27.3 Å². The van der Waals surface area contributed by atoms with Crippen molar-refractivity contribution in [2.45, 2.75) is 25.7 Å². The lowest BCUT2D eigenvalue weighted by Gasteiger charge is -2.20. The number of thiazole rings is 1. The predicted octanol–water partition coefficient (Wildman–Crippen LogP) is 3.12. The Hall–Kier alpha value is -2.25. The van der Waals surface area contributed by atoms with Gasteiger partial charge in [0.25, 0.3) is 0 Å². The van der Waals surface area contributed by atoms with Crippen molar-refractivity contribution in [2.24, 2.45) is 7.05 Å². The zero-order valence-corrected chi connectivity index (χ0v) is 15.2. The number of benzene rings is 1. The second-order valence-corrected chi connectivity index (χ2v) is 7.83. The Balaban J connectivity index is 1.53. The number of nitrogens with one attached hydrogen (secondary N) is 1. The van der Waals surface area contributed by atoms with E-state index in [4.69, 9.17) is 4.98 Å². The molecule has 0 bridgehead atoms. The third kappa shape index (κ3) is 2.54. The predicted molar refractivity (Wildman–Crippen MR) is 100 cm³/mol. The first kappa shape index (κ1) is 15.0. The minimum atomic E-state index is 0.593. The SMILES string of the molecule is Cc1cc(-c2cn3cc(C4CCNCC4)nc3s2)cc2nn(C)nc12. The second kappa shape index (κ2) is 5.64. The van der Waals surface area contributed by atoms with Gasteiger partial charge in [0.1, 0.15) is 11.0 Å². The van der Waals surface area contributed by atoms with Crippen LogP contribution in [0.4, 0.5) is 0 Å². The van der Waals surface area contributed by atoms with Gasteiger partial charge in [-0.2, -0.15) is 15.0 Å². The quantitative estimate of drug-likeness (QED) is 0.602. The van der Waals surface area contributed by atoms with Crippen molar-refractivity contribution in [3.8, 4) is 10.4 Å². The van der Waals surface area contributed by atoms with E-state index < -0.39 is 0 Å². The maximum atomic E-state index is 4.89. The maximum absolute atomic E-state index is 4.89. The van der Waals surface area contributed by atoms with E-state index in [1.165, 1.54) is 29.0 Å². The molecule has 0 spiro atoms. The van der Waals surface area contributed by atoms with E-state index in [-0.39, 0.29) is 0 Å². The molecule has 1 aliphatic rings. The molecule has 4 aromatic rings. The van der Waals surface area contributed by atoms with Crippen LogP contribution in [0, 0.1) is 6.92 Å². The van der Waals surface area contributed by atoms with E-state index >= 15 is 0 Å². The highest BCUT2D eigenvalue weighted by molar-refractivity contribution is 7.20. The summed E-state index contributed by atoms with van der Waals surface area (Å²) in [6.07, 6.45) is 6.76. The van der Waals surface area contributed by atoms with Gasteiger partial charge in [-0.15, -0.1) is 0 Å². The molecule has 128 valence electrons. The zero-order chi connectivity index (χ0) is 17.0. The topological polar surface area (TPSA) is 60.0 Å². The average molecular weight is 352 g/mol. The molecule has 1 aliphatic heterocycles. The first-order valence-electron chi connectivity index (χ1n) is 8.68. The van der Waals surface area contributed by atoms with Gasteiger partial charge in [0, 0.05) is 25.4 Å². The fraction of sp³-hybridized carbons (Fsp3) is 0.389. The molecule has 1 aromatic carbocycles. The van der Waals surface area contributed by atoms with Crippen LogP contribution in [-0.4, -0.2) is 37.5 Å². The Morgan fingerprint density at radius 2 is 2.00 bits per heavy atom. The Labute approximate surface area is 149 Å². The van der Waals surface area contributed by atoms with Gasteiger partial charge < -0.3 is 5.32 Å². The van der Waals surface area contributed by atoms with Crippen LogP contribution < -0.4 is 5.32 Å². The molecule has 6 nitrogen and oxygen atoms in total. The Kier molecular flexibility index (Phi) is 3.39. The van der Waals surface area contributed by atoms with Gasteiger partial charge in [-0.05, 0) is 56.1 Å². The van der Waals surface area contributed by atoms with Crippen molar-refractivity contribution in [3.63, 3.8) is 0 Å². The number of piperidine rings is 1. The largest absolute Gasteiger partial charge is 0.317 e. The van der Waals surface area contributed by atoms with Gasteiger partial charge in [-0.25, -0.2) is 4.98 Å². The highest BCUT2D eigenvalue weighted by Gasteiger charge is 2.19. The van der Waals surface area contributed by atoms with E-state index in [1.807, 2.05) is 7.05 Å². The first-order valence-corrected chi connectivity index (χ1v) is 9.50. The standard InChI is InChI=1S/C18H20N6S/c1-11-7-13(8-14-17(11)22-23(2)21-14)16-10-24-9-15(20-18(24)25-16)12-3-5-19-6-4-12/h7-10,12,19H,3-6H2,1-2H3. The zero-order valence-electron chi connectivity index (χ0n) is 14.4. The number of nitrogens with zero attached hydrogens (tertiary/aromatic N) is 5. The number of aryl methyl sites for hydroxylation is 2. The molecule has 0 saturated carbocycles. The lowest BCUT2D eigenvalue weighted by Crippen LogP contribution is -2.26. The van der Waals surface area contributed by atoms with Crippen LogP contribution in [0.25, 0.3) is 26.4 Å². The third-order valence-electron chi connectivity index (χ3n) is 4.99. The molecule has 1 N–H and O–H groups in total. The molecule has 5 rings (SSSR count). The number of hydrogen-bond acceptors (Lipinski definition) is 5. The van der Waals surface area contributed by atoms with Crippen molar-refractivity contribution in [3.05, 3.63) is 35.8 Å². The summed E-state index contributed by atoms with van der Waals surface area (Å²) in [5.74, 6) is 0.593. The summed E-state index contributed by atoms with van der Waals surface area (Å²) in [6.45, 7) is 4.28. The summed E-state index contributed by atoms with van der Waals surface area (Å²) >= 11 is 1.74. The lowest BCUT2D eigenvalue weighted by molar-refractivity contribution is 0.454. The highest BCUT2D eigenvalue weighted by Crippen LogP contribution is 2.33. The summed E-state index contributed by atoms with van der Waals surface area (Å²) in [5.41, 5.74) is 5.49. The summed E-state index contributed by atoms with van der Waals surface area (Å²) in [5, 5.41) is 12.3. The van der Waals surface area contributed by atoms with Crippen LogP contribution in [0.3, 0.4) is 0 Å². The van der Waals surface area contributed by atoms with Crippen LogP contribution in [-0.2, 0) is 7.05 Å². The van der Waals surface area contributed by atoms with Gasteiger partial charge in [-0.1, -0.05) is 11.3 Å². The normalized spacial score (nSPS) is 16.2. The number of imidazole rings is 1. The number of aromatic nitrogens is 5. The Morgan fingerprint density at radius 1 is 1.16 bits per heavy atom. The molecule has 0 aliphatic carbocycles. The van der Waals surface area contributed by atoms with Gasteiger partial charge in [0.05, 0.1) is 10.6 Å². The molecule has 3 aromatic heterocycles. The van der Waals surface area contributed by atoms with Gasteiger partial charge in [0.15, 0.2) is 4.96 Å². The summed E-state index contributed by atoms with van der Waals surface area (Å²) in [6, 6.07) is 4.31. The molecule has 0 amide bonds. The smallest absolute Gasteiger partial charge is 0.194 e. The number of hydrogen-bond donors (Lipinski definition) is 1. The van der Waals surface area contributed by atoms with Crippen LogP contribution in [0.5, 0.6) is 0 Å². The van der Waals surface area contributed by atoms with E-state index in [2.05, 4.69) is 51.4 Å². The molecule has 1 saturated heterocycles. The van der Waals surface area contributed by atoms with Gasteiger partial charge in [0.2, 0.25) is 0 Å². The van der Waals surface area contributed by atoms with E-state index in [0.717, 1.165) is 34.6 Å². The minimum absolute atomic E-state index is 0.593. The van der Waals surface area contributed by atoms with Crippen LogP contribution in [0.2, 0.25) is 0 Å². The van der Waals surface area contributed by atoms with Crippen molar-refractivity contribution < 1.29 is 0 Å². The molecule has 4 heterocycles. The number of rotatable bonds is 2. The minimum Gasteiger partial charge on any atom is -0.317 e. The van der Waals surface area contributed by atoms with Crippen molar-refractivity contribution in [1.29, 1.82) is 0 Å². The fourth-order valence-electron chi connectivity index (χ4n) is 3.69. The van der Waals surface area contributed by atoms with Gasteiger partial charge in [-0.3, -0.25) is 4.40 Å². The second-order valence-electron chi connectivity index (χ2n) is 6.83. The Bertz CT molecular complexity index is 1030. The molecule has 0 unspecified atom stereocenters. The third-order valence-corrected chi connectivity index (χ3v) is 6.04. The average Bonchev–Trinajstić information content (AvgIpc) is 3.27. The number of fused-ring (bicyclic) bond motifs is 2. The van der Waals surface area contributed by atoms with Crippen LogP contribution >= 0.6 is 11.3 Å². The van der Waals surface area contributed by atoms with Crippen LogP contribution in [0.15, 0.2) is 24.5 Å². The monoisotopic (exact) mass is 352 g/mol. The molecule has 25 heavy (non-hydrogen) atoms. The highest BCUT2D eigenvalue weighted by atomic mass is 32.1. The van der Waals surface area contributed by atoms with Crippen LogP contribution in [0.1, 0.15) is 30.0 Å². The molecule has 0 radical (unpaired) electrons. The van der Waals surface area contributed by atoms with Crippen molar-refractivity contribution in [1.82, 2.24) is 29.7 Å². The molecule has 7 heteroatoms.